The van der Waals surface area contributed by atoms with Gasteiger partial charge in [0, 0.05) is 51.9 Å². The Morgan fingerprint density at radius 2 is 1.83 bits per heavy atom. The number of aromatic nitrogens is 1. The number of piperidine rings is 1. The second-order valence-electron chi connectivity index (χ2n) is 8.82. The molecular weight excluding hydrogens is 372 g/mol. The van der Waals surface area contributed by atoms with E-state index in [2.05, 4.69) is 46.0 Å². The van der Waals surface area contributed by atoms with Crippen LogP contribution in [-0.2, 0) is 11.3 Å². The van der Waals surface area contributed by atoms with Crippen LogP contribution in [0.1, 0.15) is 36.8 Å². The zero-order valence-corrected chi connectivity index (χ0v) is 18.2. The number of carbonyl (C=O) groups is 1. The Morgan fingerprint density at radius 1 is 1.03 bits per heavy atom. The molecule has 2 aliphatic heterocycles. The van der Waals surface area contributed by atoms with E-state index in [1.807, 2.05) is 29.3 Å². The van der Waals surface area contributed by atoms with E-state index < -0.39 is 0 Å². The molecule has 5 nitrogen and oxygen atoms in total. The molecule has 4 rings (SSSR count). The van der Waals surface area contributed by atoms with Gasteiger partial charge in [-0.3, -0.25) is 9.69 Å². The molecule has 1 amide bonds. The zero-order chi connectivity index (χ0) is 20.8. The number of benzene rings is 1. The predicted molar refractivity (Wildman–Crippen MR) is 121 cm³/mol. The monoisotopic (exact) mass is 406 g/mol. The molecule has 160 valence electrons. The van der Waals surface area contributed by atoms with E-state index in [0.29, 0.717) is 18.2 Å². The fourth-order valence-corrected chi connectivity index (χ4v) is 4.69. The van der Waals surface area contributed by atoms with Crippen LogP contribution >= 0.6 is 0 Å². The van der Waals surface area contributed by atoms with Crippen molar-refractivity contribution in [3.05, 3.63) is 59.8 Å². The van der Waals surface area contributed by atoms with Crippen LogP contribution in [-0.4, -0.2) is 60.0 Å². The first-order valence-corrected chi connectivity index (χ1v) is 11.4. The number of amides is 1. The second-order valence-corrected chi connectivity index (χ2v) is 8.82. The van der Waals surface area contributed by atoms with Crippen LogP contribution in [0.5, 0.6) is 0 Å². The Balaban J connectivity index is 1.20. The molecule has 0 spiro atoms. The molecular formula is C25H34N4O. The van der Waals surface area contributed by atoms with Crippen LogP contribution in [0.3, 0.4) is 0 Å². The number of hydrogen-bond acceptors (Lipinski definition) is 4. The van der Waals surface area contributed by atoms with E-state index in [1.54, 1.807) is 0 Å². The number of piperazine rings is 1. The maximum atomic E-state index is 12.8. The lowest BCUT2D eigenvalue weighted by Crippen LogP contribution is -2.49. The maximum absolute atomic E-state index is 12.8. The largest absolute Gasteiger partial charge is 0.353 e. The highest BCUT2D eigenvalue weighted by atomic mass is 16.2. The molecule has 0 radical (unpaired) electrons. The van der Waals surface area contributed by atoms with Crippen LogP contribution < -0.4 is 4.90 Å². The summed E-state index contributed by atoms with van der Waals surface area (Å²) in [5, 5.41) is 0. The highest BCUT2D eigenvalue weighted by molar-refractivity contribution is 5.76. The third kappa shape index (κ3) is 5.60. The number of pyridine rings is 1. The van der Waals surface area contributed by atoms with E-state index in [1.165, 1.54) is 30.5 Å². The van der Waals surface area contributed by atoms with Gasteiger partial charge in [-0.2, -0.15) is 0 Å². The normalized spacial score (nSPS) is 20.4. The molecule has 3 heterocycles. The molecule has 5 heteroatoms. The molecule has 2 aliphatic rings. The Bertz CT molecular complexity index is 800. The molecule has 1 unspecified atom stereocenters. The van der Waals surface area contributed by atoms with Gasteiger partial charge in [0.2, 0.25) is 5.91 Å². The van der Waals surface area contributed by atoms with Crippen molar-refractivity contribution in [1.82, 2.24) is 14.8 Å². The predicted octanol–water partition coefficient (Wildman–Crippen LogP) is 3.73. The van der Waals surface area contributed by atoms with Crippen molar-refractivity contribution in [1.29, 1.82) is 0 Å². The summed E-state index contributed by atoms with van der Waals surface area (Å²) in [6, 6.07) is 14.9. The second kappa shape index (κ2) is 10.1. The lowest BCUT2D eigenvalue weighted by Gasteiger charge is -2.36. The van der Waals surface area contributed by atoms with Gasteiger partial charge >= 0.3 is 0 Å². The molecule has 0 saturated carbocycles. The smallest absolute Gasteiger partial charge is 0.222 e. The van der Waals surface area contributed by atoms with Gasteiger partial charge in [0.15, 0.2) is 0 Å². The van der Waals surface area contributed by atoms with Crippen molar-refractivity contribution in [3.8, 4) is 0 Å². The third-order valence-electron chi connectivity index (χ3n) is 6.50. The number of hydrogen-bond donors (Lipinski definition) is 0. The van der Waals surface area contributed by atoms with Gasteiger partial charge < -0.3 is 9.80 Å². The van der Waals surface area contributed by atoms with Crippen LogP contribution in [0.15, 0.2) is 48.7 Å². The Hall–Kier alpha value is -2.40. The fourth-order valence-electron chi connectivity index (χ4n) is 4.69. The van der Waals surface area contributed by atoms with Gasteiger partial charge in [0.05, 0.1) is 0 Å². The van der Waals surface area contributed by atoms with Crippen molar-refractivity contribution in [3.63, 3.8) is 0 Å². The fraction of sp³-hybridized carbons (Fsp3) is 0.520. The molecule has 1 aromatic carbocycles. The topological polar surface area (TPSA) is 39.7 Å². The summed E-state index contributed by atoms with van der Waals surface area (Å²) in [6.45, 7) is 8.81. The number of nitrogens with zero attached hydrogens (tertiary/aromatic N) is 4. The Labute approximate surface area is 180 Å². The summed E-state index contributed by atoms with van der Waals surface area (Å²) >= 11 is 0. The number of carbonyl (C=O) groups excluding carboxylic acids is 1. The van der Waals surface area contributed by atoms with Gasteiger partial charge in [0.1, 0.15) is 5.82 Å². The standard InChI is InChI=1S/C25H34N4O/c1-21-7-9-23(10-8-21)20-27-14-4-5-22(19-27)11-12-25(30)29-17-15-28(16-18-29)24-6-2-3-13-26-24/h2-3,6-10,13,22H,4-5,11-12,14-20H2,1H3. The third-order valence-corrected chi connectivity index (χ3v) is 6.50. The minimum absolute atomic E-state index is 0.325. The summed E-state index contributed by atoms with van der Waals surface area (Å²) in [6.07, 6.45) is 6.04. The van der Waals surface area contributed by atoms with Crippen LogP contribution in [0, 0.1) is 12.8 Å². The lowest BCUT2D eigenvalue weighted by atomic mass is 9.92. The maximum Gasteiger partial charge on any atom is 0.222 e. The van der Waals surface area contributed by atoms with Crippen molar-refractivity contribution < 1.29 is 4.79 Å². The van der Waals surface area contributed by atoms with Crippen molar-refractivity contribution >= 4 is 11.7 Å². The SMILES string of the molecule is Cc1ccc(CN2CCCC(CCC(=O)N3CCN(c4ccccn4)CC3)C2)cc1. The Kier molecular flexibility index (Phi) is 7.00. The van der Waals surface area contributed by atoms with E-state index >= 15 is 0 Å². The first-order valence-electron chi connectivity index (χ1n) is 11.4. The minimum Gasteiger partial charge on any atom is -0.353 e. The van der Waals surface area contributed by atoms with Crippen molar-refractivity contribution in [2.75, 3.05) is 44.2 Å². The number of anilines is 1. The van der Waals surface area contributed by atoms with Crippen molar-refractivity contribution in [2.45, 2.75) is 39.2 Å². The number of rotatable bonds is 6. The van der Waals surface area contributed by atoms with Gasteiger partial charge in [-0.15, -0.1) is 0 Å². The summed E-state index contributed by atoms with van der Waals surface area (Å²) in [5.41, 5.74) is 2.71. The molecule has 2 fully saturated rings. The van der Waals surface area contributed by atoms with E-state index in [-0.39, 0.29) is 0 Å². The first-order chi connectivity index (χ1) is 14.7. The van der Waals surface area contributed by atoms with Gasteiger partial charge in [-0.1, -0.05) is 35.9 Å². The molecule has 2 saturated heterocycles. The highest BCUT2D eigenvalue weighted by Crippen LogP contribution is 2.23. The van der Waals surface area contributed by atoms with E-state index in [4.69, 9.17) is 0 Å². The number of likely N-dealkylation sites (tertiary alicyclic amines) is 1. The van der Waals surface area contributed by atoms with Gasteiger partial charge in [-0.05, 0) is 56.3 Å². The summed E-state index contributed by atoms with van der Waals surface area (Å²) in [7, 11) is 0. The average molecular weight is 407 g/mol. The average Bonchev–Trinajstić information content (AvgIpc) is 2.80. The summed E-state index contributed by atoms with van der Waals surface area (Å²) < 4.78 is 0. The van der Waals surface area contributed by atoms with E-state index in [9.17, 15) is 4.79 Å². The molecule has 0 aliphatic carbocycles. The van der Waals surface area contributed by atoms with Gasteiger partial charge in [0.25, 0.3) is 0 Å². The lowest BCUT2D eigenvalue weighted by molar-refractivity contribution is -0.131. The van der Waals surface area contributed by atoms with Crippen LogP contribution in [0.2, 0.25) is 0 Å². The molecule has 30 heavy (non-hydrogen) atoms. The summed E-state index contributed by atoms with van der Waals surface area (Å²) in [5.74, 6) is 1.98. The van der Waals surface area contributed by atoms with Crippen LogP contribution in [0.25, 0.3) is 0 Å². The van der Waals surface area contributed by atoms with Crippen LogP contribution in [0.4, 0.5) is 5.82 Å². The van der Waals surface area contributed by atoms with Crippen molar-refractivity contribution in [2.24, 2.45) is 5.92 Å². The zero-order valence-electron chi connectivity index (χ0n) is 18.2. The van der Waals surface area contributed by atoms with Gasteiger partial charge in [-0.25, -0.2) is 4.98 Å². The highest BCUT2D eigenvalue weighted by Gasteiger charge is 2.24. The molecule has 0 bridgehead atoms. The molecule has 1 aromatic heterocycles. The summed E-state index contributed by atoms with van der Waals surface area (Å²) in [4.78, 5) is 24.1. The molecule has 2 aromatic rings. The Morgan fingerprint density at radius 3 is 2.57 bits per heavy atom. The van der Waals surface area contributed by atoms with E-state index in [0.717, 1.165) is 51.5 Å². The molecule has 0 N–H and O–H groups in total. The molecule has 1 atom stereocenters. The first kappa shape index (κ1) is 20.9. The number of aryl methyl sites for hydroxylation is 1. The quantitative estimate of drug-likeness (QED) is 0.733. The minimum atomic E-state index is 0.325.